The molecule has 18 heavy (non-hydrogen) atoms. The van der Waals surface area contributed by atoms with Crippen LogP contribution in [0.2, 0.25) is 0 Å². The van der Waals surface area contributed by atoms with Gasteiger partial charge in [-0.25, -0.2) is 4.39 Å². The first-order valence-electron chi connectivity index (χ1n) is 5.77. The Labute approximate surface area is 104 Å². The normalized spacial score (nSPS) is 17.5. The van der Waals surface area contributed by atoms with Gasteiger partial charge >= 0.3 is 0 Å². The van der Waals surface area contributed by atoms with Crippen molar-refractivity contribution in [3.63, 3.8) is 0 Å². The Morgan fingerprint density at radius 3 is 2.89 bits per heavy atom. The third-order valence-electron chi connectivity index (χ3n) is 3.02. The van der Waals surface area contributed by atoms with Crippen LogP contribution in [0.15, 0.2) is 42.5 Å². The fourth-order valence-electron chi connectivity index (χ4n) is 2.11. The van der Waals surface area contributed by atoms with E-state index in [0.717, 1.165) is 11.4 Å². The standard InChI is InChI=1S/C14H13FN2O/c15-11-7-9(16)5-6-10(11)13-8-18-14-4-2-1-3-12(14)17-13/h1-7,13,17H,8,16H2. The van der Waals surface area contributed by atoms with Crippen LogP contribution in [0, 0.1) is 5.82 Å². The van der Waals surface area contributed by atoms with Gasteiger partial charge in [-0.2, -0.15) is 0 Å². The maximum absolute atomic E-state index is 13.8. The van der Waals surface area contributed by atoms with E-state index in [2.05, 4.69) is 5.32 Å². The number of nitrogens with two attached hydrogens (primary N) is 1. The SMILES string of the molecule is Nc1ccc(C2COc3ccccc3N2)c(F)c1. The zero-order chi connectivity index (χ0) is 12.5. The molecule has 4 heteroatoms. The molecule has 3 N–H and O–H groups in total. The van der Waals surface area contributed by atoms with E-state index in [0.29, 0.717) is 17.9 Å². The highest BCUT2D eigenvalue weighted by atomic mass is 19.1. The molecule has 1 aliphatic heterocycles. The monoisotopic (exact) mass is 244 g/mol. The zero-order valence-corrected chi connectivity index (χ0v) is 9.69. The lowest BCUT2D eigenvalue weighted by atomic mass is 10.0. The lowest BCUT2D eigenvalue weighted by Crippen LogP contribution is -2.24. The van der Waals surface area contributed by atoms with Gasteiger partial charge in [0.25, 0.3) is 0 Å². The van der Waals surface area contributed by atoms with Crippen molar-refractivity contribution in [3.05, 3.63) is 53.8 Å². The molecule has 3 nitrogen and oxygen atoms in total. The highest BCUT2D eigenvalue weighted by molar-refractivity contribution is 5.59. The highest BCUT2D eigenvalue weighted by Gasteiger charge is 2.22. The van der Waals surface area contributed by atoms with Crippen molar-refractivity contribution in [2.24, 2.45) is 0 Å². The molecule has 0 saturated heterocycles. The number of rotatable bonds is 1. The first kappa shape index (κ1) is 10.9. The molecule has 0 radical (unpaired) electrons. The lowest BCUT2D eigenvalue weighted by Gasteiger charge is -2.28. The second kappa shape index (κ2) is 4.22. The first-order chi connectivity index (χ1) is 8.74. The number of benzene rings is 2. The van der Waals surface area contributed by atoms with Gasteiger partial charge in [0.15, 0.2) is 0 Å². The molecule has 1 unspecified atom stereocenters. The number of halogens is 1. The average molecular weight is 244 g/mol. The van der Waals surface area contributed by atoms with E-state index in [4.69, 9.17) is 10.5 Å². The summed E-state index contributed by atoms with van der Waals surface area (Å²) in [5.41, 5.74) is 7.41. The van der Waals surface area contributed by atoms with Crippen molar-refractivity contribution in [2.45, 2.75) is 6.04 Å². The Balaban J connectivity index is 1.92. The predicted octanol–water partition coefficient (Wildman–Crippen LogP) is 2.95. The fourth-order valence-corrected chi connectivity index (χ4v) is 2.11. The number of ether oxygens (including phenoxy) is 1. The quantitative estimate of drug-likeness (QED) is 0.758. The summed E-state index contributed by atoms with van der Waals surface area (Å²) in [6.45, 7) is 0.401. The molecule has 1 atom stereocenters. The topological polar surface area (TPSA) is 47.3 Å². The van der Waals surface area contributed by atoms with Crippen molar-refractivity contribution >= 4 is 11.4 Å². The number of hydrogen-bond acceptors (Lipinski definition) is 3. The van der Waals surface area contributed by atoms with Crippen LogP contribution in [0.1, 0.15) is 11.6 Å². The Morgan fingerprint density at radius 2 is 2.06 bits per heavy atom. The summed E-state index contributed by atoms with van der Waals surface area (Å²) in [7, 11) is 0. The smallest absolute Gasteiger partial charge is 0.142 e. The predicted molar refractivity (Wildman–Crippen MR) is 69.1 cm³/mol. The number of nitrogen functional groups attached to an aromatic ring is 1. The van der Waals surface area contributed by atoms with Gasteiger partial charge in [-0.1, -0.05) is 18.2 Å². The summed E-state index contributed by atoms with van der Waals surface area (Å²) in [5.74, 6) is 0.486. The van der Waals surface area contributed by atoms with Crippen molar-refractivity contribution in [3.8, 4) is 5.75 Å². The largest absolute Gasteiger partial charge is 0.489 e. The molecule has 0 aliphatic carbocycles. The molecule has 92 valence electrons. The summed E-state index contributed by atoms with van der Waals surface area (Å²) >= 11 is 0. The molecule has 3 rings (SSSR count). The molecule has 0 saturated carbocycles. The molecular formula is C14H13FN2O. The molecule has 1 aliphatic rings. The number of anilines is 2. The van der Waals surface area contributed by atoms with Crippen LogP contribution in [0.4, 0.5) is 15.8 Å². The Bertz CT molecular complexity index is 586. The van der Waals surface area contributed by atoms with Crippen LogP contribution in [0.25, 0.3) is 0 Å². The molecule has 2 aromatic rings. The van der Waals surface area contributed by atoms with Gasteiger partial charge in [0.05, 0.1) is 11.7 Å². The fraction of sp³-hybridized carbons (Fsp3) is 0.143. The van der Waals surface area contributed by atoms with E-state index >= 15 is 0 Å². The van der Waals surface area contributed by atoms with Gasteiger partial charge in [-0.15, -0.1) is 0 Å². The summed E-state index contributed by atoms with van der Waals surface area (Å²) in [5, 5.41) is 3.27. The summed E-state index contributed by atoms with van der Waals surface area (Å²) in [4.78, 5) is 0. The van der Waals surface area contributed by atoms with Crippen LogP contribution in [0.3, 0.4) is 0 Å². The molecule has 0 bridgehead atoms. The van der Waals surface area contributed by atoms with E-state index in [1.165, 1.54) is 6.07 Å². The van der Waals surface area contributed by atoms with Crippen LogP contribution < -0.4 is 15.8 Å². The molecule has 0 aromatic heterocycles. The number of fused-ring (bicyclic) bond motifs is 1. The molecule has 1 heterocycles. The number of hydrogen-bond donors (Lipinski definition) is 2. The zero-order valence-electron chi connectivity index (χ0n) is 9.69. The lowest BCUT2D eigenvalue weighted by molar-refractivity contribution is 0.284. The molecular weight excluding hydrogens is 231 g/mol. The molecule has 0 spiro atoms. The van der Waals surface area contributed by atoms with E-state index in [1.807, 2.05) is 24.3 Å². The van der Waals surface area contributed by atoms with Crippen molar-refractivity contribution in [2.75, 3.05) is 17.7 Å². The Kier molecular flexibility index (Phi) is 2.55. The highest BCUT2D eigenvalue weighted by Crippen LogP contribution is 2.34. The summed E-state index contributed by atoms with van der Waals surface area (Å²) < 4.78 is 19.5. The van der Waals surface area contributed by atoms with Crippen LogP contribution in [0.5, 0.6) is 5.75 Å². The minimum absolute atomic E-state index is 0.194. The van der Waals surface area contributed by atoms with E-state index < -0.39 is 0 Å². The van der Waals surface area contributed by atoms with Crippen LogP contribution >= 0.6 is 0 Å². The number of nitrogens with one attached hydrogen (secondary N) is 1. The third-order valence-corrected chi connectivity index (χ3v) is 3.02. The van der Waals surface area contributed by atoms with Gasteiger partial charge < -0.3 is 15.8 Å². The van der Waals surface area contributed by atoms with E-state index in [9.17, 15) is 4.39 Å². The summed E-state index contributed by atoms with van der Waals surface area (Å²) in [6, 6.07) is 12.1. The number of para-hydroxylation sites is 2. The summed E-state index contributed by atoms with van der Waals surface area (Å²) in [6.07, 6.45) is 0. The van der Waals surface area contributed by atoms with Crippen LogP contribution in [-0.4, -0.2) is 6.61 Å². The Morgan fingerprint density at radius 1 is 1.22 bits per heavy atom. The average Bonchev–Trinajstić information content (AvgIpc) is 2.38. The van der Waals surface area contributed by atoms with E-state index in [-0.39, 0.29) is 11.9 Å². The third kappa shape index (κ3) is 1.86. The van der Waals surface area contributed by atoms with Gasteiger partial charge in [0, 0.05) is 11.3 Å². The molecule has 2 aromatic carbocycles. The molecule has 0 amide bonds. The maximum atomic E-state index is 13.8. The van der Waals surface area contributed by atoms with Crippen molar-refractivity contribution in [1.29, 1.82) is 0 Å². The van der Waals surface area contributed by atoms with Gasteiger partial charge in [0.1, 0.15) is 18.2 Å². The van der Waals surface area contributed by atoms with E-state index in [1.54, 1.807) is 12.1 Å². The van der Waals surface area contributed by atoms with Crippen molar-refractivity contribution in [1.82, 2.24) is 0 Å². The minimum Gasteiger partial charge on any atom is -0.489 e. The Hall–Kier alpha value is -2.23. The van der Waals surface area contributed by atoms with Gasteiger partial charge in [-0.3, -0.25) is 0 Å². The van der Waals surface area contributed by atoms with Crippen molar-refractivity contribution < 1.29 is 9.13 Å². The first-order valence-corrected chi connectivity index (χ1v) is 5.77. The second-order valence-electron chi connectivity index (χ2n) is 4.29. The molecule has 0 fully saturated rings. The minimum atomic E-state index is -0.310. The maximum Gasteiger partial charge on any atom is 0.142 e. The second-order valence-corrected chi connectivity index (χ2v) is 4.29. The van der Waals surface area contributed by atoms with Crippen LogP contribution in [-0.2, 0) is 0 Å². The van der Waals surface area contributed by atoms with Gasteiger partial charge in [-0.05, 0) is 24.3 Å². The van der Waals surface area contributed by atoms with Gasteiger partial charge in [0.2, 0.25) is 0 Å².